The van der Waals surface area contributed by atoms with Gasteiger partial charge in [0.25, 0.3) is 11.8 Å². The quantitative estimate of drug-likeness (QED) is 0.391. The number of carboxylic acids is 1. The number of ether oxygens (including phenoxy) is 2. The van der Waals surface area contributed by atoms with Crippen molar-refractivity contribution in [2.75, 3.05) is 14.2 Å². The number of amides is 3. The number of rotatable bonds is 6. The summed E-state index contributed by atoms with van der Waals surface area (Å²) < 4.78 is 10.6. The second-order valence-electron chi connectivity index (χ2n) is 6.50. The molecule has 2 saturated heterocycles. The molecular formula is C19H18N2O7S2. The number of methoxy groups -OCH3 is 2. The van der Waals surface area contributed by atoms with Gasteiger partial charge < -0.3 is 14.6 Å². The van der Waals surface area contributed by atoms with E-state index in [1.807, 2.05) is 0 Å². The molecule has 11 heteroatoms. The first-order valence-corrected chi connectivity index (χ1v) is 9.99. The maximum absolute atomic E-state index is 12.9. The van der Waals surface area contributed by atoms with Crippen molar-refractivity contribution in [3.05, 3.63) is 28.7 Å². The Morgan fingerprint density at radius 2 is 1.93 bits per heavy atom. The van der Waals surface area contributed by atoms with Gasteiger partial charge in [0, 0.05) is 0 Å². The van der Waals surface area contributed by atoms with Crippen LogP contribution in [0.5, 0.6) is 11.5 Å². The zero-order valence-electron chi connectivity index (χ0n) is 16.3. The summed E-state index contributed by atoms with van der Waals surface area (Å²) in [5.74, 6) is -2.22. The molecule has 1 aromatic carbocycles. The normalized spacial score (nSPS) is 21.6. The Morgan fingerprint density at radius 3 is 2.53 bits per heavy atom. The molecule has 0 radical (unpaired) electrons. The van der Waals surface area contributed by atoms with E-state index in [1.165, 1.54) is 21.1 Å². The van der Waals surface area contributed by atoms with Crippen LogP contribution in [-0.4, -0.2) is 69.2 Å². The zero-order chi connectivity index (χ0) is 22.2. The molecule has 9 nitrogen and oxygen atoms in total. The number of carbonyl (C=O) groups is 4. The number of thiocarbonyl (C=S) groups is 1. The molecule has 2 aliphatic heterocycles. The SMILES string of the molecule is COc1ccc(/C=C2\SC(=S)N(C3CC(=O)N(C(C)C(=O)O)C3=O)C2=O)cc1OC. The van der Waals surface area contributed by atoms with Crippen LogP contribution >= 0.6 is 24.0 Å². The highest BCUT2D eigenvalue weighted by Crippen LogP contribution is 2.37. The van der Waals surface area contributed by atoms with Crippen molar-refractivity contribution in [1.82, 2.24) is 9.80 Å². The number of imide groups is 1. The summed E-state index contributed by atoms with van der Waals surface area (Å²) in [6, 6.07) is 2.63. The standard InChI is InChI=1S/C19H18N2O7S2/c1-9(18(25)26)20-15(22)8-11(16(20)23)21-17(24)14(30-19(21)29)7-10-4-5-12(27-2)13(6-10)28-3/h4-7,9,11H,8H2,1-3H3,(H,25,26)/b14-7-. The summed E-state index contributed by atoms with van der Waals surface area (Å²) in [5.41, 5.74) is 0.656. The summed E-state index contributed by atoms with van der Waals surface area (Å²) in [4.78, 5) is 51.1. The zero-order valence-corrected chi connectivity index (χ0v) is 17.9. The molecule has 0 aromatic heterocycles. The van der Waals surface area contributed by atoms with Crippen LogP contribution in [0.4, 0.5) is 0 Å². The monoisotopic (exact) mass is 450 g/mol. The van der Waals surface area contributed by atoms with Crippen molar-refractivity contribution in [2.45, 2.75) is 25.4 Å². The highest BCUT2D eigenvalue weighted by molar-refractivity contribution is 8.26. The third-order valence-electron chi connectivity index (χ3n) is 4.74. The van der Waals surface area contributed by atoms with Crippen molar-refractivity contribution < 1.29 is 33.8 Å². The molecule has 2 fully saturated rings. The molecule has 2 aliphatic rings. The van der Waals surface area contributed by atoms with Crippen LogP contribution in [0.25, 0.3) is 6.08 Å². The second-order valence-corrected chi connectivity index (χ2v) is 8.18. The Hall–Kier alpha value is -2.92. The lowest BCUT2D eigenvalue weighted by Crippen LogP contribution is -2.48. The third kappa shape index (κ3) is 3.77. The second kappa shape index (κ2) is 8.44. The first kappa shape index (κ1) is 21.8. The average molecular weight is 450 g/mol. The maximum Gasteiger partial charge on any atom is 0.326 e. The van der Waals surface area contributed by atoms with Gasteiger partial charge in [-0.3, -0.25) is 24.2 Å². The van der Waals surface area contributed by atoms with Gasteiger partial charge in [-0.15, -0.1) is 0 Å². The van der Waals surface area contributed by atoms with Crippen molar-refractivity contribution in [3.8, 4) is 11.5 Å². The summed E-state index contributed by atoms with van der Waals surface area (Å²) in [6.07, 6.45) is 1.28. The van der Waals surface area contributed by atoms with Gasteiger partial charge in [0.1, 0.15) is 16.4 Å². The van der Waals surface area contributed by atoms with Crippen LogP contribution in [0.1, 0.15) is 18.9 Å². The minimum Gasteiger partial charge on any atom is -0.493 e. The lowest BCUT2D eigenvalue weighted by atomic mass is 10.1. The van der Waals surface area contributed by atoms with E-state index in [1.54, 1.807) is 24.3 Å². The maximum atomic E-state index is 12.9. The summed E-state index contributed by atoms with van der Waals surface area (Å²) in [7, 11) is 3.00. The van der Waals surface area contributed by atoms with Crippen molar-refractivity contribution in [1.29, 1.82) is 0 Å². The van der Waals surface area contributed by atoms with E-state index in [4.69, 9.17) is 26.8 Å². The summed E-state index contributed by atoms with van der Waals surface area (Å²) >= 11 is 6.27. The Kier molecular flexibility index (Phi) is 6.13. The van der Waals surface area contributed by atoms with Gasteiger partial charge in [-0.1, -0.05) is 30.0 Å². The number of nitrogens with zero attached hydrogens (tertiary/aromatic N) is 2. The van der Waals surface area contributed by atoms with Crippen molar-refractivity contribution >= 4 is 58.1 Å². The lowest BCUT2D eigenvalue weighted by molar-refractivity contribution is -0.154. The van der Waals surface area contributed by atoms with E-state index < -0.39 is 35.8 Å². The largest absolute Gasteiger partial charge is 0.493 e. The molecule has 2 atom stereocenters. The fourth-order valence-electron chi connectivity index (χ4n) is 3.20. The first-order chi connectivity index (χ1) is 14.2. The smallest absolute Gasteiger partial charge is 0.326 e. The summed E-state index contributed by atoms with van der Waals surface area (Å²) in [5, 5.41) is 9.13. The van der Waals surface area contributed by atoms with E-state index in [-0.39, 0.29) is 15.6 Å². The molecule has 0 saturated carbocycles. The molecule has 1 N–H and O–H groups in total. The Morgan fingerprint density at radius 1 is 1.27 bits per heavy atom. The molecule has 0 spiro atoms. The van der Waals surface area contributed by atoms with Crippen LogP contribution in [-0.2, 0) is 19.2 Å². The Bertz CT molecular complexity index is 991. The molecule has 158 valence electrons. The summed E-state index contributed by atoms with van der Waals surface area (Å²) in [6.45, 7) is 1.24. The predicted octanol–water partition coefficient (Wildman–Crippen LogP) is 1.51. The number of carboxylic acid groups (broad SMARTS) is 1. The van der Waals surface area contributed by atoms with Crippen molar-refractivity contribution in [2.24, 2.45) is 0 Å². The average Bonchev–Trinajstić information content (AvgIpc) is 3.15. The van der Waals surface area contributed by atoms with E-state index >= 15 is 0 Å². The van der Waals surface area contributed by atoms with E-state index in [9.17, 15) is 19.2 Å². The molecule has 3 rings (SSSR count). The van der Waals surface area contributed by atoms with Gasteiger partial charge in [-0.05, 0) is 30.7 Å². The molecule has 2 unspecified atom stereocenters. The Balaban J connectivity index is 1.87. The van der Waals surface area contributed by atoms with Gasteiger partial charge in [-0.2, -0.15) is 0 Å². The van der Waals surface area contributed by atoms with Crippen LogP contribution in [0.2, 0.25) is 0 Å². The minimum atomic E-state index is -1.32. The number of carbonyl (C=O) groups excluding carboxylic acids is 3. The molecule has 3 amide bonds. The van der Waals surface area contributed by atoms with Crippen LogP contribution in [0, 0.1) is 0 Å². The molecule has 30 heavy (non-hydrogen) atoms. The van der Waals surface area contributed by atoms with Gasteiger partial charge in [0.15, 0.2) is 11.5 Å². The molecule has 0 bridgehead atoms. The molecule has 1 aromatic rings. The lowest BCUT2D eigenvalue weighted by Gasteiger charge is -2.23. The van der Waals surface area contributed by atoms with Crippen LogP contribution < -0.4 is 9.47 Å². The highest BCUT2D eigenvalue weighted by Gasteiger charge is 2.50. The number of aliphatic carboxylic acids is 1. The van der Waals surface area contributed by atoms with Crippen molar-refractivity contribution in [3.63, 3.8) is 0 Å². The minimum absolute atomic E-state index is 0.128. The molecule has 0 aliphatic carbocycles. The Labute approximate surface area is 181 Å². The van der Waals surface area contributed by atoms with Crippen LogP contribution in [0.3, 0.4) is 0 Å². The van der Waals surface area contributed by atoms with E-state index in [0.717, 1.165) is 16.7 Å². The highest BCUT2D eigenvalue weighted by atomic mass is 32.2. The van der Waals surface area contributed by atoms with Crippen LogP contribution in [0.15, 0.2) is 23.1 Å². The van der Waals surface area contributed by atoms with Gasteiger partial charge in [0.05, 0.1) is 25.5 Å². The topological polar surface area (TPSA) is 113 Å². The van der Waals surface area contributed by atoms with Gasteiger partial charge in [-0.25, -0.2) is 4.79 Å². The van der Waals surface area contributed by atoms with E-state index in [0.29, 0.717) is 22.0 Å². The van der Waals surface area contributed by atoms with E-state index in [2.05, 4.69) is 0 Å². The fourth-order valence-corrected chi connectivity index (χ4v) is 4.55. The van der Waals surface area contributed by atoms with Gasteiger partial charge >= 0.3 is 5.97 Å². The fraction of sp³-hybridized carbons (Fsp3) is 0.316. The number of hydrogen-bond donors (Lipinski definition) is 1. The number of likely N-dealkylation sites (tertiary alicyclic amines) is 1. The third-order valence-corrected chi connectivity index (χ3v) is 6.07. The molecule has 2 heterocycles. The molecular weight excluding hydrogens is 432 g/mol. The first-order valence-electron chi connectivity index (χ1n) is 8.77. The number of benzene rings is 1. The number of thioether (sulfide) groups is 1. The van der Waals surface area contributed by atoms with Gasteiger partial charge in [0.2, 0.25) is 5.91 Å². The predicted molar refractivity (Wildman–Crippen MR) is 112 cm³/mol. The number of hydrogen-bond acceptors (Lipinski definition) is 8.